The largest absolute Gasteiger partial charge is 0.294 e. The highest BCUT2D eigenvalue weighted by atomic mass is 15.2. The van der Waals surface area contributed by atoms with Gasteiger partial charge in [-0.2, -0.15) is 4.98 Å². The van der Waals surface area contributed by atoms with Crippen LogP contribution >= 0.6 is 0 Å². The Morgan fingerprint density at radius 3 is 1.31 bits per heavy atom. The Balaban J connectivity index is 1.62. The average Bonchev–Trinajstić information content (AvgIpc) is 3.41. The van der Waals surface area contributed by atoms with E-state index in [1.807, 2.05) is 0 Å². The van der Waals surface area contributed by atoms with Crippen LogP contribution < -0.4 is 0 Å². The zero-order chi connectivity index (χ0) is 24.4. The summed E-state index contributed by atoms with van der Waals surface area (Å²) in [5, 5.41) is 4.86. The van der Waals surface area contributed by atoms with E-state index < -0.39 is 0 Å². The first kappa shape index (κ1) is 20.9. The van der Waals surface area contributed by atoms with Crippen LogP contribution in [0.15, 0.2) is 103 Å². The maximum absolute atomic E-state index is 5.25. The van der Waals surface area contributed by atoms with Crippen molar-refractivity contribution in [2.45, 2.75) is 26.2 Å². The van der Waals surface area contributed by atoms with Crippen molar-refractivity contribution in [1.82, 2.24) is 19.1 Å². The molecule has 4 aromatic carbocycles. The molecule has 36 heavy (non-hydrogen) atoms. The summed E-state index contributed by atoms with van der Waals surface area (Å²) in [7, 11) is 0. The molecular weight excluding hydrogens is 440 g/mol. The van der Waals surface area contributed by atoms with Crippen LogP contribution in [0.4, 0.5) is 0 Å². The number of aromatic nitrogens is 4. The van der Waals surface area contributed by atoms with Crippen LogP contribution in [0, 0.1) is 0 Å². The van der Waals surface area contributed by atoms with Gasteiger partial charge in [-0.1, -0.05) is 93.6 Å². The summed E-state index contributed by atoms with van der Waals surface area (Å²) < 4.78 is 4.48. The van der Waals surface area contributed by atoms with Gasteiger partial charge in [0.05, 0.1) is 27.8 Å². The normalized spacial score (nSPS) is 12.3. The van der Waals surface area contributed by atoms with Gasteiger partial charge in [-0.3, -0.25) is 9.13 Å². The Bertz CT molecular complexity index is 1690. The Morgan fingerprint density at radius 1 is 0.500 bits per heavy atom. The van der Waals surface area contributed by atoms with Gasteiger partial charge in [-0.05, 0) is 24.3 Å². The lowest BCUT2D eigenvalue weighted by Gasteiger charge is -2.21. The molecule has 0 atom stereocenters. The molecule has 3 heterocycles. The molecule has 0 unspecified atom stereocenters. The van der Waals surface area contributed by atoms with Crippen molar-refractivity contribution in [1.29, 1.82) is 0 Å². The molecule has 0 amide bonds. The van der Waals surface area contributed by atoms with Gasteiger partial charge in [0.15, 0.2) is 0 Å². The standard InChI is InChI=1S/C32H26N4/c1-32(2,3)29-20-30(35-25-16-8-4-12-21(25)22-13-5-9-17-26(22)35)34-31(33-29)36-27-18-10-6-14-23(27)24-15-7-11-19-28(24)36/h4-20H,1-3H3. The van der Waals surface area contributed by atoms with E-state index in [1.165, 1.54) is 21.5 Å². The zero-order valence-corrected chi connectivity index (χ0v) is 20.6. The monoisotopic (exact) mass is 466 g/mol. The summed E-state index contributed by atoms with van der Waals surface area (Å²) in [5.74, 6) is 1.57. The van der Waals surface area contributed by atoms with Crippen LogP contribution in [0.1, 0.15) is 26.5 Å². The third-order valence-electron chi connectivity index (χ3n) is 7.06. The van der Waals surface area contributed by atoms with Crippen molar-refractivity contribution in [2.75, 3.05) is 0 Å². The molecule has 0 N–H and O–H groups in total. The Labute approximate surface area is 209 Å². The fourth-order valence-corrected chi connectivity index (χ4v) is 5.33. The van der Waals surface area contributed by atoms with E-state index in [2.05, 4.69) is 133 Å². The fourth-order valence-electron chi connectivity index (χ4n) is 5.33. The molecule has 4 nitrogen and oxygen atoms in total. The van der Waals surface area contributed by atoms with Gasteiger partial charge in [0, 0.05) is 33.0 Å². The molecule has 0 saturated carbocycles. The molecule has 7 rings (SSSR count). The van der Waals surface area contributed by atoms with Crippen LogP contribution in [-0.2, 0) is 5.41 Å². The van der Waals surface area contributed by atoms with E-state index >= 15 is 0 Å². The van der Waals surface area contributed by atoms with Crippen molar-refractivity contribution in [3.05, 3.63) is 109 Å². The number of benzene rings is 4. The van der Waals surface area contributed by atoms with Gasteiger partial charge in [0.2, 0.25) is 5.95 Å². The third-order valence-corrected chi connectivity index (χ3v) is 7.06. The van der Waals surface area contributed by atoms with Crippen LogP contribution in [-0.4, -0.2) is 19.1 Å². The van der Waals surface area contributed by atoms with Gasteiger partial charge in [0.25, 0.3) is 0 Å². The lowest BCUT2D eigenvalue weighted by molar-refractivity contribution is 0.564. The first-order valence-electron chi connectivity index (χ1n) is 12.4. The Morgan fingerprint density at radius 2 is 0.889 bits per heavy atom. The molecule has 0 saturated heterocycles. The summed E-state index contributed by atoms with van der Waals surface area (Å²) >= 11 is 0. The predicted octanol–water partition coefficient (Wildman–Crippen LogP) is 7.97. The summed E-state index contributed by atoms with van der Waals surface area (Å²) in [6.45, 7) is 6.63. The molecular formula is C32H26N4. The summed E-state index contributed by atoms with van der Waals surface area (Å²) in [4.78, 5) is 10.4. The number of hydrogen-bond acceptors (Lipinski definition) is 2. The number of rotatable bonds is 2. The second-order valence-corrected chi connectivity index (χ2v) is 10.4. The third kappa shape index (κ3) is 3.01. The maximum Gasteiger partial charge on any atom is 0.236 e. The molecule has 174 valence electrons. The molecule has 0 radical (unpaired) electrons. The van der Waals surface area contributed by atoms with Crippen LogP contribution in [0.2, 0.25) is 0 Å². The lowest BCUT2D eigenvalue weighted by atomic mass is 9.92. The number of fused-ring (bicyclic) bond motifs is 6. The van der Waals surface area contributed by atoms with E-state index in [0.717, 1.165) is 33.6 Å². The highest BCUT2D eigenvalue weighted by molar-refractivity contribution is 6.10. The summed E-state index contributed by atoms with van der Waals surface area (Å²) in [6.07, 6.45) is 0. The van der Waals surface area contributed by atoms with Gasteiger partial charge >= 0.3 is 0 Å². The summed E-state index contributed by atoms with van der Waals surface area (Å²) in [5.41, 5.74) is 5.36. The van der Waals surface area contributed by atoms with Crippen molar-refractivity contribution < 1.29 is 0 Å². The molecule has 0 bridgehead atoms. The fraction of sp³-hybridized carbons (Fsp3) is 0.125. The Kier molecular flexibility index (Phi) is 4.37. The number of nitrogens with zero attached hydrogens (tertiary/aromatic N) is 4. The molecule has 0 spiro atoms. The predicted molar refractivity (Wildman–Crippen MR) is 149 cm³/mol. The number of hydrogen-bond donors (Lipinski definition) is 0. The molecule has 0 aliphatic heterocycles. The molecule has 0 fully saturated rings. The highest BCUT2D eigenvalue weighted by Gasteiger charge is 2.23. The maximum atomic E-state index is 5.25. The zero-order valence-electron chi connectivity index (χ0n) is 20.6. The van der Waals surface area contributed by atoms with Gasteiger partial charge in [0.1, 0.15) is 5.82 Å². The first-order valence-corrected chi connectivity index (χ1v) is 12.4. The van der Waals surface area contributed by atoms with Crippen molar-refractivity contribution in [2.24, 2.45) is 0 Å². The van der Waals surface area contributed by atoms with E-state index in [-0.39, 0.29) is 5.41 Å². The molecule has 4 heteroatoms. The summed E-state index contributed by atoms with van der Waals surface area (Å²) in [6, 6.07) is 36.3. The second-order valence-electron chi connectivity index (χ2n) is 10.4. The van der Waals surface area contributed by atoms with Crippen LogP contribution in [0.5, 0.6) is 0 Å². The van der Waals surface area contributed by atoms with Crippen molar-refractivity contribution in [3.8, 4) is 11.8 Å². The minimum atomic E-state index is -0.149. The van der Waals surface area contributed by atoms with E-state index in [0.29, 0.717) is 5.95 Å². The van der Waals surface area contributed by atoms with Crippen LogP contribution in [0.25, 0.3) is 55.4 Å². The van der Waals surface area contributed by atoms with Crippen molar-refractivity contribution >= 4 is 43.6 Å². The minimum absolute atomic E-state index is 0.149. The SMILES string of the molecule is CC(C)(C)c1cc(-n2c3ccccc3c3ccccc32)nc(-n2c3ccccc3c3ccccc32)n1. The van der Waals surface area contributed by atoms with E-state index in [9.17, 15) is 0 Å². The van der Waals surface area contributed by atoms with Gasteiger partial charge in [-0.15, -0.1) is 0 Å². The quantitative estimate of drug-likeness (QED) is 0.259. The minimum Gasteiger partial charge on any atom is -0.294 e. The number of para-hydroxylation sites is 4. The topological polar surface area (TPSA) is 35.6 Å². The van der Waals surface area contributed by atoms with Crippen LogP contribution in [0.3, 0.4) is 0 Å². The highest BCUT2D eigenvalue weighted by Crippen LogP contribution is 2.35. The van der Waals surface area contributed by atoms with E-state index in [4.69, 9.17) is 9.97 Å². The molecule has 0 aliphatic carbocycles. The smallest absolute Gasteiger partial charge is 0.236 e. The first-order chi connectivity index (χ1) is 17.5. The second kappa shape index (κ2) is 7.53. The average molecular weight is 467 g/mol. The Hall–Kier alpha value is -4.44. The molecule has 7 aromatic rings. The lowest BCUT2D eigenvalue weighted by Crippen LogP contribution is -2.17. The van der Waals surface area contributed by atoms with Gasteiger partial charge in [-0.25, -0.2) is 4.98 Å². The molecule has 0 aliphatic rings. The van der Waals surface area contributed by atoms with E-state index in [1.54, 1.807) is 0 Å². The van der Waals surface area contributed by atoms with Gasteiger partial charge < -0.3 is 0 Å². The van der Waals surface area contributed by atoms with Crippen molar-refractivity contribution in [3.63, 3.8) is 0 Å². The molecule has 3 aromatic heterocycles.